The van der Waals surface area contributed by atoms with Crippen LogP contribution in [0.1, 0.15) is 5.56 Å². The number of alkyl halides is 3. The molecule has 0 saturated heterocycles. The fraction of sp³-hybridized carbons (Fsp3) is 0.438. The number of esters is 1. The molecule has 0 amide bonds. The van der Waals surface area contributed by atoms with Crippen LogP contribution in [0.4, 0.5) is 13.2 Å². The van der Waals surface area contributed by atoms with Crippen LogP contribution in [0.15, 0.2) is 30.3 Å². The average Bonchev–Trinajstić information content (AvgIpc) is 2.48. The second-order valence-corrected chi connectivity index (χ2v) is 4.83. The van der Waals surface area contributed by atoms with E-state index in [0.29, 0.717) is 6.54 Å². The SMILES string of the molecule is C#CCN(C)CCOC(=O)[C@@](OC)(c1ccccc1)C(F)(F)F. The van der Waals surface area contributed by atoms with Gasteiger partial charge in [0.25, 0.3) is 5.60 Å². The molecule has 0 fully saturated rings. The van der Waals surface area contributed by atoms with E-state index < -0.39 is 17.7 Å². The molecule has 0 bridgehead atoms. The van der Waals surface area contributed by atoms with Gasteiger partial charge in [0.2, 0.25) is 0 Å². The summed E-state index contributed by atoms with van der Waals surface area (Å²) in [7, 11) is 2.49. The quantitative estimate of drug-likeness (QED) is 0.568. The van der Waals surface area contributed by atoms with Gasteiger partial charge in [-0.1, -0.05) is 36.3 Å². The highest BCUT2D eigenvalue weighted by atomic mass is 19.4. The summed E-state index contributed by atoms with van der Waals surface area (Å²) >= 11 is 0. The van der Waals surface area contributed by atoms with E-state index in [0.717, 1.165) is 7.11 Å². The third-order valence-corrected chi connectivity index (χ3v) is 3.24. The lowest BCUT2D eigenvalue weighted by Crippen LogP contribution is -2.52. The standard InChI is InChI=1S/C16H18F3NO3/c1-4-10-20(2)11-12-23-14(21)15(22-3,16(17,18)19)13-8-6-5-7-9-13/h1,5-9H,10-12H2,2-3H3/t15-/m0/s1. The van der Waals surface area contributed by atoms with Crippen molar-refractivity contribution in [3.8, 4) is 12.3 Å². The molecule has 0 N–H and O–H groups in total. The fourth-order valence-electron chi connectivity index (χ4n) is 2.02. The second-order valence-electron chi connectivity index (χ2n) is 4.83. The Morgan fingerprint density at radius 1 is 1.30 bits per heavy atom. The molecule has 0 aliphatic heterocycles. The molecule has 1 atom stereocenters. The van der Waals surface area contributed by atoms with Crippen molar-refractivity contribution in [2.24, 2.45) is 0 Å². The molecule has 0 radical (unpaired) electrons. The maximum Gasteiger partial charge on any atom is 0.432 e. The largest absolute Gasteiger partial charge is 0.462 e. The van der Waals surface area contributed by atoms with Gasteiger partial charge in [-0.05, 0) is 7.05 Å². The van der Waals surface area contributed by atoms with Gasteiger partial charge >= 0.3 is 12.1 Å². The van der Waals surface area contributed by atoms with Gasteiger partial charge in [0.05, 0.1) is 6.54 Å². The number of carbonyl (C=O) groups excluding carboxylic acids is 1. The minimum Gasteiger partial charge on any atom is -0.462 e. The second kappa shape index (κ2) is 7.99. The Labute approximate surface area is 133 Å². The number of methoxy groups -OCH3 is 1. The summed E-state index contributed by atoms with van der Waals surface area (Å²) in [6.07, 6.45) is 0.149. The van der Waals surface area contributed by atoms with Crippen LogP contribution < -0.4 is 0 Å². The summed E-state index contributed by atoms with van der Waals surface area (Å²) in [5, 5.41) is 0. The van der Waals surface area contributed by atoms with Gasteiger partial charge in [-0.3, -0.25) is 4.90 Å². The number of ether oxygens (including phenoxy) is 2. The zero-order chi connectivity index (χ0) is 17.5. The molecule has 126 valence electrons. The molecule has 0 unspecified atom stereocenters. The van der Waals surface area contributed by atoms with Crippen LogP contribution in [0.5, 0.6) is 0 Å². The molecule has 7 heteroatoms. The van der Waals surface area contributed by atoms with Gasteiger partial charge in [0, 0.05) is 19.2 Å². The van der Waals surface area contributed by atoms with Crippen molar-refractivity contribution in [3.63, 3.8) is 0 Å². The highest BCUT2D eigenvalue weighted by Gasteiger charge is 2.64. The summed E-state index contributed by atoms with van der Waals surface area (Å²) in [4.78, 5) is 13.8. The van der Waals surface area contributed by atoms with Crippen molar-refractivity contribution < 1.29 is 27.4 Å². The normalized spacial score (nSPS) is 14.1. The lowest BCUT2D eigenvalue weighted by atomic mass is 9.93. The molecule has 0 aliphatic carbocycles. The molecule has 0 heterocycles. The van der Waals surface area contributed by atoms with Gasteiger partial charge in [-0.25, -0.2) is 4.79 Å². The number of nitrogens with zero attached hydrogens (tertiary/aromatic N) is 1. The van der Waals surface area contributed by atoms with E-state index in [1.165, 1.54) is 24.3 Å². The van der Waals surface area contributed by atoms with Crippen LogP contribution in [0.25, 0.3) is 0 Å². The zero-order valence-electron chi connectivity index (χ0n) is 12.9. The van der Waals surface area contributed by atoms with Gasteiger partial charge in [0.1, 0.15) is 6.61 Å². The molecule has 0 spiro atoms. The average molecular weight is 329 g/mol. The Balaban J connectivity index is 2.98. The van der Waals surface area contributed by atoms with Crippen molar-refractivity contribution in [2.75, 3.05) is 33.9 Å². The van der Waals surface area contributed by atoms with Crippen LogP contribution >= 0.6 is 0 Å². The number of terminal acetylenes is 1. The van der Waals surface area contributed by atoms with E-state index in [2.05, 4.69) is 10.7 Å². The summed E-state index contributed by atoms with van der Waals surface area (Å²) in [6, 6.07) is 6.66. The highest BCUT2D eigenvalue weighted by molar-refractivity contribution is 5.82. The first kappa shape index (κ1) is 19.0. The summed E-state index contributed by atoms with van der Waals surface area (Å²) < 4.78 is 50.1. The third kappa shape index (κ3) is 4.24. The first-order chi connectivity index (χ1) is 10.8. The predicted octanol–water partition coefficient (Wildman–Crippen LogP) is 2.20. The van der Waals surface area contributed by atoms with Crippen molar-refractivity contribution in [1.29, 1.82) is 0 Å². The number of hydrogen-bond donors (Lipinski definition) is 0. The Bertz CT molecular complexity index is 554. The first-order valence-electron chi connectivity index (χ1n) is 6.76. The van der Waals surface area contributed by atoms with Gasteiger partial charge < -0.3 is 9.47 Å². The van der Waals surface area contributed by atoms with E-state index in [1.807, 2.05) is 0 Å². The van der Waals surface area contributed by atoms with Crippen LogP contribution in [0, 0.1) is 12.3 Å². The first-order valence-corrected chi connectivity index (χ1v) is 6.76. The van der Waals surface area contributed by atoms with Crippen LogP contribution in [-0.2, 0) is 19.9 Å². The molecule has 1 aromatic rings. The summed E-state index contributed by atoms with van der Waals surface area (Å²) in [6.45, 7) is 0.276. The van der Waals surface area contributed by atoms with Crippen LogP contribution in [0.2, 0.25) is 0 Å². The Kier molecular flexibility index (Phi) is 6.61. The fourth-order valence-corrected chi connectivity index (χ4v) is 2.02. The molecule has 1 rings (SSSR count). The monoisotopic (exact) mass is 329 g/mol. The highest BCUT2D eigenvalue weighted by Crippen LogP contribution is 2.42. The van der Waals surface area contributed by atoms with Crippen molar-refractivity contribution in [3.05, 3.63) is 35.9 Å². The van der Waals surface area contributed by atoms with E-state index in [4.69, 9.17) is 11.2 Å². The van der Waals surface area contributed by atoms with E-state index in [1.54, 1.807) is 18.0 Å². The minimum absolute atomic E-state index is 0.211. The van der Waals surface area contributed by atoms with Crippen LogP contribution in [0.3, 0.4) is 0 Å². The Hall–Kier alpha value is -2.04. The van der Waals surface area contributed by atoms with Gasteiger partial charge in [0.15, 0.2) is 0 Å². The minimum atomic E-state index is -4.97. The molecule has 0 aliphatic rings. The number of carbonyl (C=O) groups is 1. The summed E-state index contributed by atoms with van der Waals surface area (Å²) in [5.74, 6) is 0.871. The number of benzene rings is 1. The van der Waals surface area contributed by atoms with Crippen molar-refractivity contribution in [1.82, 2.24) is 4.90 Å². The Morgan fingerprint density at radius 2 is 1.91 bits per heavy atom. The molecule has 1 aromatic carbocycles. The molecule has 0 aromatic heterocycles. The molecular weight excluding hydrogens is 311 g/mol. The van der Waals surface area contributed by atoms with Crippen molar-refractivity contribution in [2.45, 2.75) is 11.8 Å². The molecule has 4 nitrogen and oxygen atoms in total. The van der Waals surface area contributed by atoms with Gasteiger partial charge in [-0.15, -0.1) is 6.42 Å². The van der Waals surface area contributed by atoms with Crippen LogP contribution in [-0.4, -0.2) is 50.9 Å². The summed E-state index contributed by atoms with van der Waals surface area (Å²) in [5.41, 5.74) is -3.49. The molecule has 0 saturated carbocycles. The molecular formula is C16H18F3NO3. The number of halogens is 3. The smallest absolute Gasteiger partial charge is 0.432 e. The van der Waals surface area contributed by atoms with Crippen molar-refractivity contribution >= 4 is 5.97 Å². The van der Waals surface area contributed by atoms with E-state index >= 15 is 0 Å². The maximum absolute atomic E-state index is 13.6. The number of likely N-dealkylation sites (N-methyl/N-ethyl adjacent to an activating group) is 1. The topological polar surface area (TPSA) is 38.8 Å². The number of rotatable bonds is 7. The lowest BCUT2D eigenvalue weighted by Gasteiger charge is -2.32. The molecule has 23 heavy (non-hydrogen) atoms. The van der Waals surface area contributed by atoms with Gasteiger partial charge in [-0.2, -0.15) is 13.2 Å². The lowest BCUT2D eigenvalue weighted by molar-refractivity contribution is -0.276. The maximum atomic E-state index is 13.6. The van der Waals surface area contributed by atoms with E-state index in [9.17, 15) is 18.0 Å². The predicted molar refractivity (Wildman–Crippen MR) is 78.5 cm³/mol. The Morgan fingerprint density at radius 3 is 2.39 bits per heavy atom. The zero-order valence-corrected chi connectivity index (χ0v) is 12.9. The van der Waals surface area contributed by atoms with E-state index in [-0.39, 0.29) is 18.7 Å². The number of hydrogen-bond acceptors (Lipinski definition) is 4. The third-order valence-electron chi connectivity index (χ3n) is 3.24.